The molecule has 0 aliphatic carbocycles. The first-order valence-electron chi connectivity index (χ1n) is 8.17. The van der Waals surface area contributed by atoms with E-state index < -0.39 is 0 Å². The monoisotopic (exact) mass is 460 g/mol. The van der Waals surface area contributed by atoms with Crippen molar-refractivity contribution in [1.82, 2.24) is 9.80 Å². The van der Waals surface area contributed by atoms with Crippen LogP contribution < -0.4 is 0 Å². The number of morpholine rings is 2. The molecule has 0 unspecified atom stereocenters. The third kappa shape index (κ3) is 9.70. The first-order valence-corrected chi connectivity index (χ1v) is 13.6. The highest BCUT2D eigenvalue weighted by Gasteiger charge is 2.15. The molecule has 11 heteroatoms. The molecular weight excluding hydrogens is 437 g/mol. The van der Waals surface area contributed by atoms with E-state index in [2.05, 4.69) is 9.80 Å². The summed E-state index contributed by atoms with van der Waals surface area (Å²) in [4.78, 5) is 4.42. The molecule has 0 atom stereocenters. The lowest BCUT2D eigenvalue weighted by Gasteiger charge is -2.28. The lowest BCUT2D eigenvalue weighted by molar-refractivity contribution is 0.0702. The van der Waals surface area contributed by atoms with Crippen molar-refractivity contribution in [3.05, 3.63) is 0 Å². The van der Waals surface area contributed by atoms with Crippen molar-refractivity contribution in [2.24, 2.45) is 0 Å². The highest BCUT2D eigenvalue weighted by Crippen LogP contribution is 2.26. The molecule has 2 aliphatic heterocycles. The molecule has 2 saturated heterocycles. The van der Waals surface area contributed by atoms with Gasteiger partial charge in [0.15, 0.2) is 0 Å². The first-order chi connectivity index (χ1) is 12.3. The van der Waals surface area contributed by atoms with Gasteiger partial charge in [0.1, 0.15) is 8.64 Å². The topological polar surface area (TPSA) is 34.2 Å². The maximum atomic E-state index is 5.67. The fraction of sp³-hybridized carbons (Fsp3) is 0.857. The van der Waals surface area contributed by atoms with Crippen molar-refractivity contribution >= 4 is 76.3 Å². The molecule has 0 N–H and O–H groups in total. The summed E-state index contributed by atoms with van der Waals surface area (Å²) in [5.74, 6) is 1.89. The van der Waals surface area contributed by atoms with Crippen LogP contribution in [0.25, 0.3) is 0 Å². The summed E-state index contributed by atoms with van der Waals surface area (Å²) in [6, 6.07) is 0. The van der Waals surface area contributed by atoms with Gasteiger partial charge in [-0.25, -0.2) is 0 Å². The van der Waals surface area contributed by atoms with Crippen LogP contribution in [0.1, 0.15) is 0 Å². The Kier molecular flexibility index (Phi) is 12.6. The number of rotatable bonds is 8. The van der Waals surface area contributed by atoms with Crippen LogP contribution in [-0.4, -0.2) is 95.8 Å². The van der Waals surface area contributed by atoms with E-state index in [0.29, 0.717) is 0 Å². The van der Waals surface area contributed by atoms with Crippen LogP contribution in [0, 0.1) is 0 Å². The third-order valence-electron chi connectivity index (χ3n) is 3.42. The lowest BCUT2D eigenvalue weighted by atomic mass is 10.5. The quantitative estimate of drug-likeness (QED) is 0.305. The minimum absolute atomic E-state index is 0.753. The Morgan fingerprint density at radius 3 is 1.56 bits per heavy atom. The van der Waals surface area contributed by atoms with Crippen molar-refractivity contribution in [1.29, 1.82) is 0 Å². The van der Waals surface area contributed by atoms with Crippen LogP contribution in [0.3, 0.4) is 0 Å². The molecule has 0 spiro atoms. The Labute approximate surface area is 176 Å². The summed E-state index contributed by atoms with van der Waals surface area (Å²) in [6.45, 7) is 8.24. The fourth-order valence-corrected chi connectivity index (χ4v) is 6.76. The molecule has 5 nitrogen and oxygen atoms in total. The maximum absolute atomic E-state index is 5.67. The van der Waals surface area contributed by atoms with E-state index in [4.69, 9.17) is 38.6 Å². The second-order valence-corrected chi connectivity index (χ2v) is 11.3. The normalized spacial score (nSPS) is 18.4. The molecular formula is C14H24N2O3S6. The largest absolute Gasteiger partial charge is 0.380 e. The van der Waals surface area contributed by atoms with Crippen LogP contribution in [0.15, 0.2) is 0 Å². The van der Waals surface area contributed by atoms with Gasteiger partial charge in [0.25, 0.3) is 0 Å². The van der Waals surface area contributed by atoms with Gasteiger partial charge in [0.2, 0.25) is 0 Å². The summed E-state index contributed by atoms with van der Waals surface area (Å²) < 4.78 is 18.2. The molecule has 0 aromatic rings. The van der Waals surface area contributed by atoms with Gasteiger partial charge >= 0.3 is 0 Å². The van der Waals surface area contributed by atoms with Crippen LogP contribution in [0.4, 0.5) is 0 Å². The molecule has 2 fully saturated rings. The predicted molar refractivity (Wildman–Crippen MR) is 121 cm³/mol. The lowest BCUT2D eigenvalue weighted by Crippen LogP contribution is -2.38. The minimum atomic E-state index is 0.753. The Bertz CT molecular complexity index is 370. The molecule has 2 heterocycles. The standard InChI is InChI=1S/C14H24N2O3S6/c20-13(15-1-5-17-6-2-15)24-22-11-9-19-10-12-23-25-14(21)16-3-7-18-8-4-16/h1-12H2. The summed E-state index contributed by atoms with van der Waals surface area (Å²) in [5, 5.41) is 0. The zero-order chi connectivity index (χ0) is 17.7. The van der Waals surface area contributed by atoms with E-state index in [1.165, 1.54) is 0 Å². The van der Waals surface area contributed by atoms with E-state index in [0.717, 1.165) is 86.0 Å². The Hall–Kier alpha value is 1.06. The van der Waals surface area contributed by atoms with Gasteiger partial charge in [-0.15, -0.1) is 0 Å². The Morgan fingerprint density at radius 2 is 1.16 bits per heavy atom. The molecule has 0 saturated carbocycles. The van der Waals surface area contributed by atoms with Gasteiger partial charge in [0, 0.05) is 37.7 Å². The average molecular weight is 461 g/mol. The molecule has 0 aromatic heterocycles. The van der Waals surface area contributed by atoms with Gasteiger partial charge in [-0.3, -0.25) is 0 Å². The number of hydrogen-bond acceptors (Lipinski definition) is 9. The first kappa shape index (κ1) is 22.4. The fourth-order valence-electron chi connectivity index (χ4n) is 2.07. The highest BCUT2D eigenvalue weighted by atomic mass is 33.1. The van der Waals surface area contributed by atoms with Crippen LogP contribution in [0.5, 0.6) is 0 Å². The summed E-state index contributed by atoms with van der Waals surface area (Å²) in [5.41, 5.74) is 0. The number of ether oxygens (including phenoxy) is 3. The van der Waals surface area contributed by atoms with Gasteiger partial charge in [-0.1, -0.05) is 46.0 Å². The SMILES string of the molecule is S=C(SSCCOCCSSC(=S)N1CCOCC1)N1CCOCC1. The second-order valence-electron chi connectivity index (χ2n) is 5.15. The van der Waals surface area contributed by atoms with Crippen molar-refractivity contribution in [3.63, 3.8) is 0 Å². The molecule has 2 aliphatic rings. The number of nitrogens with zero attached hydrogens (tertiary/aromatic N) is 2. The van der Waals surface area contributed by atoms with Gasteiger partial charge in [0.05, 0.1) is 39.6 Å². The van der Waals surface area contributed by atoms with E-state index in [9.17, 15) is 0 Å². The summed E-state index contributed by atoms with van der Waals surface area (Å²) >= 11 is 10.9. The second kappa shape index (κ2) is 14.1. The molecule has 144 valence electrons. The summed E-state index contributed by atoms with van der Waals surface area (Å²) in [7, 11) is 6.85. The van der Waals surface area contributed by atoms with Crippen molar-refractivity contribution in [2.45, 2.75) is 0 Å². The van der Waals surface area contributed by atoms with E-state index >= 15 is 0 Å². The maximum Gasteiger partial charge on any atom is 0.147 e. The molecule has 0 bridgehead atoms. The van der Waals surface area contributed by atoms with Gasteiger partial charge < -0.3 is 24.0 Å². The van der Waals surface area contributed by atoms with E-state index in [1.807, 2.05) is 0 Å². The zero-order valence-corrected chi connectivity index (χ0v) is 19.0. The molecule has 25 heavy (non-hydrogen) atoms. The summed E-state index contributed by atoms with van der Waals surface area (Å²) in [6.07, 6.45) is 0. The zero-order valence-electron chi connectivity index (χ0n) is 14.1. The molecule has 0 amide bonds. The average Bonchev–Trinajstić information content (AvgIpc) is 2.67. The van der Waals surface area contributed by atoms with Crippen LogP contribution in [0.2, 0.25) is 0 Å². The Balaban J connectivity index is 1.37. The number of hydrogen-bond donors (Lipinski definition) is 0. The van der Waals surface area contributed by atoms with Crippen molar-refractivity contribution in [3.8, 4) is 0 Å². The highest BCUT2D eigenvalue weighted by molar-refractivity contribution is 8.84. The van der Waals surface area contributed by atoms with Crippen LogP contribution in [-0.2, 0) is 14.2 Å². The smallest absolute Gasteiger partial charge is 0.147 e. The van der Waals surface area contributed by atoms with Gasteiger partial charge in [-0.2, -0.15) is 0 Å². The van der Waals surface area contributed by atoms with E-state index in [1.54, 1.807) is 43.2 Å². The van der Waals surface area contributed by atoms with Gasteiger partial charge in [-0.05, 0) is 21.6 Å². The van der Waals surface area contributed by atoms with E-state index in [-0.39, 0.29) is 0 Å². The molecule has 0 radical (unpaired) electrons. The van der Waals surface area contributed by atoms with Crippen molar-refractivity contribution in [2.75, 3.05) is 77.3 Å². The van der Waals surface area contributed by atoms with Crippen LogP contribution >= 0.6 is 67.6 Å². The Morgan fingerprint density at radius 1 is 0.760 bits per heavy atom. The predicted octanol–water partition coefficient (Wildman–Crippen LogP) is 3.00. The van der Waals surface area contributed by atoms with Crippen molar-refractivity contribution < 1.29 is 14.2 Å². The molecule has 0 aromatic carbocycles. The third-order valence-corrected chi connectivity index (χ3v) is 9.43. The number of thiocarbonyl (C=S) groups is 2. The molecule has 2 rings (SSSR count). The minimum Gasteiger partial charge on any atom is -0.380 e.